The fourth-order valence-electron chi connectivity index (χ4n) is 3.65. The molecule has 1 heterocycles. The van der Waals surface area contributed by atoms with E-state index in [2.05, 4.69) is 27.7 Å². The molecule has 0 aromatic rings. The molecule has 110 valence electrons. The van der Waals surface area contributed by atoms with Crippen LogP contribution < -0.4 is 5.73 Å². The predicted octanol–water partition coefficient (Wildman–Crippen LogP) is 1.92. The zero-order valence-corrected chi connectivity index (χ0v) is 12.7. The van der Waals surface area contributed by atoms with Gasteiger partial charge >= 0.3 is 0 Å². The highest BCUT2D eigenvalue weighted by atomic mass is 16.5. The van der Waals surface area contributed by atoms with Gasteiger partial charge in [-0.15, -0.1) is 0 Å². The summed E-state index contributed by atoms with van der Waals surface area (Å²) in [5.74, 6) is 0.396. The topological polar surface area (TPSA) is 55.6 Å². The molecular weight excluding hydrogens is 240 g/mol. The van der Waals surface area contributed by atoms with Crippen LogP contribution in [0.3, 0.4) is 0 Å². The zero-order valence-electron chi connectivity index (χ0n) is 12.7. The van der Waals surface area contributed by atoms with Crippen LogP contribution in [0.1, 0.15) is 53.4 Å². The van der Waals surface area contributed by atoms with Crippen molar-refractivity contribution in [2.24, 2.45) is 11.7 Å². The van der Waals surface area contributed by atoms with Gasteiger partial charge in [0, 0.05) is 25.0 Å². The molecule has 2 aliphatic rings. The summed E-state index contributed by atoms with van der Waals surface area (Å²) < 4.78 is 6.03. The van der Waals surface area contributed by atoms with E-state index in [4.69, 9.17) is 10.5 Å². The summed E-state index contributed by atoms with van der Waals surface area (Å²) in [5, 5.41) is 0. The second-order valence-electron chi connectivity index (χ2n) is 7.44. The summed E-state index contributed by atoms with van der Waals surface area (Å²) in [6, 6.07) is 0.199. The van der Waals surface area contributed by atoms with Crippen molar-refractivity contribution in [3.63, 3.8) is 0 Å². The lowest BCUT2D eigenvalue weighted by atomic mass is 9.84. The third-order valence-electron chi connectivity index (χ3n) is 4.07. The second kappa shape index (κ2) is 5.06. The molecule has 0 aromatic carbocycles. The van der Waals surface area contributed by atoms with Crippen LogP contribution in [-0.4, -0.2) is 41.1 Å². The molecule has 0 radical (unpaired) electrons. The summed E-state index contributed by atoms with van der Waals surface area (Å²) in [6.07, 6.45) is 3.97. The molecule has 2 fully saturated rings. The monoisotopic (exact) mass is 268 g/mol. The Morgan fingerprint density at radius 3 is 2.26 bits per heavy atom. The van der Waals surface area contributed by atoms with E-state index < -0.39 is 0 Å². The first-order valence-corrected chi connectivity index (χ1v) is 7.43. The minimum Gasteiger partial charge on any atom is -0.366 e. The van der Waals surface area contributed by atoms with Gasteiger partial charge in [-0.25, -0.2) is 0 Å². The van der Waals surface area contributed by atoms with Crippen molar-refractivity contribution in [2.75, 3.05) is 13.1 Å². The van der Waals surface area contributed by atoms with Gasteiger partial charge in [-0.2, -0.15) is 0 Å². The lowest BCUT2D eigenvalue weighted by Gasteiger charge is -2.48. The van der Waals surface area contributed by atoms with Crippen molar-refractivity contribution in [1.82, 2.24) is 4.90 Å². The molecule has 2 N–H and O–H groups in total. The fraction of sp³-hybridized carbons (Fsp3) is 0.933. The molecule has 0 spiro atoms. The number of carbonyl (C=O) groups is 1. The van der Waals surface area contributed by atoms with Gasteiger partial charge in [-0.3, -0.25) is 4.79 Å². The van der Waals surface area contributed by atoms with Crippen molar-refractivity contribution >= 4 is 5.91 Å². The van der Waals surface area contributed by atoms with E-state index >= 15 is 0 Å². The smallest absolute Gasteiger partial charge is 0.225 e. The molecule has 0 bridgehead atoms. The summed E-state index contributed by atoms with van der Waals surface area (Å²) in [5.41, 5.74) is 5.46. The van der Waals surface area contributed by atoms with Crippen LogP contribution in [0, 0.1) is 5.92 Å². The molecule has 1 aliphatic heterocycles. The van der Waals surface area contributed by atoms with Crippen LogP contribution in [0.4, 0.5) is 0 Å². The number of nitrogens with two attached hydrogens (primary N) is 1. The Kier molecular flexibility index (Phi) is 3.94. The van der Waals surface area contributed by atoms with Crippen molar-refractivity contribution in [2.45, 2.75) is 70.6 Å². The highest BCUT2D eigenvalue weighted by Crippen LogP contribution is 2.31. The Morgan fingerprint density at radius 1 is 1.16 bits per heavy atom. The van der Waals surface area contributed by atoms with Gasteiger partial charge in [0.1, 0.15) is 0 Å². The normalized spacial score (nSPS) is 34.1. The highest BCUT2D eigenvalue weighted by molar-refractivity contribution is 5.79. The quantitative estimate of drug-likeness (QED) is 0.790. The van der Waals surface area contributed by atoms with Crippen molar-refractivity contribution in [1.29, 1.82) is 0 Å². The first-order chi connectivity index (χ1) is 8.69. The predicted molar refractivity (Wildman–Crippen MR) is 75.8 cm³/mol. The van der Waals surface area contributed by atoms with Crippen LogP contribution in [0.2, 0.25) is 0 Å². The molecule has 19 heavy (non-hydrogen) atoms. The number of ether oxygens (including phenoxy) is 1. The summed E-state index contributed by atoms with van der Waals surface area (Å²) in [7, 11) is 0. The van der Waals surface area contributed by atoms with Gasteiger partial charge in [0.05, 0.1) is 11.2 Å². The number of hydrogen-bond donors (Lipinski definition) is 1. The van der Waals surface area contributed by atoms with Crippen molar-refractivity contribution < 1.29 is 9.53 Å². The molecule has 1 saturated heterocycles. The van der Waals surface area contributed by atoms with Crippen LogP contribution in [-0.2, 0) is 9.53 Å². The summed E-state index contributed by atoms with van der Waals surface area (Å²) in [4.78, 5) is 14.7. The molecule has 4 heteroatoms. The number of morpholine rings is 1. The van der Waals surface area contributed by atoms with E-state index in [1.807, 2.05) is 4.90 Å². The molecule has 2 atom stereocenters. The van der Waals surface area contributed by atoms with Crippen LogP contribution in [0.5, 0.6) is 0 Å². The van der Waals surface area contributed by atoms with E-state index in [-0.39, 0.29) is 29.1 Å². The lowest BCUT2D eigenvalue weighted by molar-refractivity contribution is -0.190. The van der Waals surface area contributed by atoms with Crippen molar-refractivity contribution in [3.8, 4) is 0 Å². The SMILES string of the molecule is CC1(C)CN(C(=O)C2CCCC(N)C2)CC(C)(C)O1. The Labute approximate surface area is 116 Å². The molecule has 2 unspecified atom stereocenters. The average molecular weight is 268 g/mol. The van der Waals surface area contributed by atoms with Gasteiger partial charge in [0.15, 0.2) is 0 Å². The van der Waals surface area contributed by atoms with E-state index in [1.165, 1.54) is 0 Å². The maximum atomic E-state index is 12.7. The minimum absolute atomic E-state index is 0.119. The molecule has 1 saturated carbocycles. The Morgan fingerprint density at radius 2 is 1.74 bits per heavy atom. The van der Waals surface area contributed by atoms with Crippen molar-refractivity contribution in [3.05, 3.63) is 0 Å². The standard InChI is InChI=1S/C15H28N2O2/c1-14(2)9-17(10-15(3,4)19-14)13(18)11-6-5-7-12(16)8-11/h11-12H,5-10,16H2,1-4H3. The van der Waals surface area contributed by atoms with Gasteiger partial charge in [0.25, 0.3) is 0 Å². The Balaban J connectivity index is 2.05. The molecule has 4 nitrogen and oxygen atoms in total. The third kappa shape index (κ3) is 3.69. The molecule has 1 aliphatic carbocycles. The number of hydrogen-bond acceptors (Lipinski definition) is 3. The van der Waals surface area contributed by atoms with Gasteiger partial charge < -0.3 is 15.4 Å². The number of amides is 1. The number of rotatable bonds is 1. The molecule has 2 rings (SSSR count). The van der Waals surface area contributed by atoms with E-state index in [1.54, 1.807) is 0 Å². The zero-order chi connectivity index (χ0) is 14.3. The maximum absolute atomic E-state index is 12.7. The summed E-state index contributed by atoms with van der Waals surface area (Å²) >= 11 is 0. The number of nitrogens with zero attached hydrogens (tertiary/aromatic N) is 1. The average Bonchev–Trinajstić information content (AvgIpc) is 2.23. The first-order valence-electron chi connectivity index (χ1n) is 7.43. The molecule has 0 aromatic heterocycles. The van der Waals surface area contributed by atoms with Gasteiger partial charge in [0.2, 0.25) is 5.91 Å². The van der Waals surface area contributed by atoms with Crippen LogP contribution in [0.25, 0.3) is 0 Å². The van der Waals surface area contributed by atoms with Gasteiger partial charge in [-0.1, -0.05) is 6.42 Å². The third-order valence-corrected chi connectivity index (χ3v) is 4.07. The van der Waals surface area contributed by atoms with Crippen LogP contribution >= 0.6 is 0 Å². The van der Waals surface area contributed by atoms with Gasteiger partial charge in [-0.05, 0) is 47.0 Å². The number of carbonyl (C=O) groups excluding carboxylic acids is 1. The first kappa shape index (κ1) is 14.8. The summed E-state index contributed by atoms with van der Waals surface area (Å²) in [6.45, 7) is 9.59. The van der Waals surface area contributed by atoms with E-state index in [9.17, 15) is 4.79 Å². The second-order valence-corrected chi connectivity index (χ2v) is 7.44. The fourth-order valence-corrected chi connectivity index (χ4v) is 3.65. The minimum atomic E-state index is -0.270. The van der Waals surface area contributed by atoms with E-state index in [0.29, 0.717) is 13.1 Å². The van der Waals surface area contributed by atoms with E-state index in [0.717, 1.165) is 25.7 Å². The highest BCUT2D eigenvalue weighted by Gasteiger charge is 2.41. The maximum Gasteiger partial charge on any atom is 0.225 e. The Hall–Kier alpha value is -0.610. The molecule has 1 amide bonds. The Bertz CT molecular complexity index is 336. The molecular formula is C15H28N2O2. The lowest BCUT2D eigenvalue weighted by Crippen LogP contribution is -2.59. The largest absolute Gasteiger partial charge is 0.366 e. The van der Waals surface area contributed by atoms with Crippen LogP contribution in [0.15, 0.2) is 0 Å².